The number of fused-ring (bicyclic) bond motifs is 1. The van der Waals surface area contributed by atoms with Crippen molar-refractivity contribution in [3.05, 3.63) is 59.7 Å². The summed E-state index contributed by atoms with van der Waals surface area (Å²) in [4.78, 5) is 12.2. The molecule has 0 saturated heterocycles. The molecule has 1 aliphatic heterocycles. The number of nitriles is 1. The first-order chi connectivity index (χ1) is 12.7. The second kappa shape index (κ2) is 6.82. The Morgan fingerprint density at radius 1 is 1.42 bits per heavy atom. The Morgan fingerprint density at radius 2 is 2.35 bits per heavy atom. The number of hydrogen-bond donors (Lipinski definition) is 1. The summed E-state index contributed by atoms with van der Waals surface area (Å²) in [6.45, 7) is 1.20. The quantitative estimate of drug-likeness (QED) is 0.769. The lowest BCUT2D eigenvalue weighted by molar-refractivity contribution is 0.00177. The van der Waals surface area contributed by atoms with Gasteiger partial charge in [0.25, 0.3) is 5.91 Å². The maximum atomic E-state index is 12.2. The van der Waals surface area contributed by atoms with Crippen molar-refractivity contribution in [1.29, 1.82) is 5.26 Å². The molecule has 3 aromatic rings. The fourth-order valence-corrected chi connectivity index (χ4v) is 2.85. The van der Waals surface area contributed by atoms with Crippen LogP contribution in [-0.2, 0) is 17.9 Å². The largest absolute Gasteiger partial charge is 0.472 e. The van der Waals surface area contributed by atoms with Gasteiger partial charge in [0, 0.05) is 17.7 Å². The third-order valence-electron chi connectivity index (χ3n) is 4.21. The smallest absolute Gasteiger partial charge is 0.251 e. The number of carbonyl (C=O) groups excluding carboxylic acids is 1. The van der Waals surface area contributed by atoms with Crippen molar-refractivity contribution in [2.24, 2.45) is 0 Å². The van der Waals surface area contributed by atoms with Gasteiger partial charge in [0.15, 0.2) is 0 Å². The lowest BCUT2D eigenvalue weighted by Gasteiger charge is -2.24. The van der Waals surface area contributed by atoms with Gasteiger partial charge in [-0.15, -0.1) is 5.10 Å². The maximum Gasteiger partial charge on any atom is 0.251 e. The minimum atomic E-state index is -0.242. The van der Waals surface area contributed by atoms with E-state index >= 15 is 0 Å². The fourth-order valence-electron chi connectivity index (χ4n) is 2.85. The monoisotopic (exact) mass is 349 g/mol. The Hall–Kier alpha value is -3.44. The number of furan rings is 1. The molecule has 1 amide bonds. The molecular formula is C18H15N5O3. The molecule has 0 aliphatic carbocycles. The lowest BCUT2D eigenvalue weighted by atomic mass is 10.1. The van der Waals surface area contributed by atoms with E-state index in [-0.39, 0.29) is 12.0 Å². The SMILES string of the molecule is N#Cc1cccc(C(=O)NC[C@@H]2Cn3nnc(-c4ccoc4)c3CO2)c1. The molecule has 4 rings (SSSR count). The van der Waals surface area contributed by atoms with Gasteiger partial charge >= 0.3 is 0 Å². The molecule has 8 heteroatoms. The second-order valence-electron chi connectivity index (χ2n) is 5.91. The van der Waals surface area contributed by atoms with E-state index in [2.05, 4.69) is 15.6 Å². The molecule has 1 atom stereocenters. The zero-order valence-corrected chi connectivity index (χ0v) is 13.8. The summed E-state index contributed by atoms with van der Waals surface area (Å²) in [5.74, 6) is -0.242. The van der Waals surface area contributed by atoms with Crippen LogP contribution in [0.5, 0.6) is 0 Å². The molecule has 0 radical (unpaired) electrons. The molecule has 1 aliphatic rings. The molecule has 1 N–H and O–H groups in total. The van der Waals surface area contributed by atoms with Crippen LogP contribution in [0.4, 0.5) is 0 Å². The van der Waals surface area contributed by atoms with E-state index in [4.69, 9.17) is 14.4 Å². The summed E-state index contributed by atoms with van der Waals surface area (Å²) >= 11 is 0. The molecule has 130 valence electrons. The van der Waals surface area contributed by atoms with Crippen LogP contribution in [0.3, 0.4) is 0 Å². The molecule has 0 unspecified atom stereocenters. The van der Waals surface area contributed by atoms with Crippen LogP contribution in [0.15, 0.2) is 47.3 Å². The molecule has 0 spiro atoms. The van der Waals surface area contributed by atoms with Crippen molar-refractivity contribution < 1.29 is 13.9 Å². The minimum absolute atomic E-state index is 0.204. The van der Waals surface area contributed by atoms with Gasteiger partial charge in [0.05, 0.1) is 49.1 Å². The first kappa shape index (κ1) is 16.1. The number of nitrogens with one attached hydrogen (secondary N) is 1. The number of ether oxygens (including phenoxy) is 1. The zero-order chi connectivity index (χ0) is 17.9. The highest BCUT2D eigenvalue weighted by Gasteiger charge is 2.25. The zero-order valence-electron chi connectivity index (χ0n) is 13.8. The molecular weight excluding hydrogens is 334 g/mol. The number of carbonyl (C=O) groups is 1. The average molecular weight is 349 g/mol. The highest BCUT2D eigenvalue weighted by Crippen LogP contribution is 2.25. The van der Waals surface area contributed by atoms with Crippen LogP contribution < -0.4 is 5.32 Å². The van der Waals surface area contributed by atoms with Crippen molar-refractivity contribution in [3.63, 3.8) is 0 Å². The van der Waals surface area contributed by atoms with Crippen LogP contribution in [0.1, 0.15) is 21.6 Å². The van der Waals surface area contributed by atoms with Crippen molar-refractivity contribution in [2.45, 2.75) is 19.3 Å². The van der Waals surface area contributed by atoms with Crippen molar-refractivity contribution in [1.82, 2.24) is 20.3 Å². The van der Waals surface area contributed by atoms with Gasteiger partial charge in [-0.3, -0.25) is 4.79 Å². The first-order valence-corrected chi connectivity index (χ1v) is 8.09. The van der Waals surface area contributed by atoms with E-state index in [0.29, 0.717) is 30.8 Å². The van der Waals surface area contributed by atoms with Crippen LogP contribution >= 0.6 is 0 Å². The van der Waals surface area contributed by atoms with Gasteiger partial charge in [-0.25, -0.2) is 4.68 Å². The molecule has 1 aromatic carbocycles. The Labute approximate surface area is 149 Å². The number of rotatable bonds is 4. The van der Waals surface area contributed by atoms with Crippen LogP contribution in [0, 0.1) is 11.3 Å². The molecule has 3 heterocycles. The van der Waals surface area contributed by atoms with E-state index < -0.39 is 0 Å². The van der Waals surface area contributed by atoms with Crippen LogP contribution in [0.25, 0.3) is 11.3 Å². The first-order valence-electron chi connectivity index (χ1n) is 8.09. The fraction of sp³-hybridized carbons (Fsp3) is 0.222. The van der Waals surface area contributed by atoms with E-state index in [9.17, 15) is 4.79 Å². The highest BCUT2D eigenvalue weighted by atomic mass is 16.5. The van der Waals surface area contributed by atoms with Gasteiger partial charge in [0.1, 0.15) is 5.69 Å². The van der Waals surface area contributed by atoms with E-state index in [1.807, 2.05) is 12.1 Å². The van der Waals surface area contributed by atoms with Crippen LogP contribution in [0.2, 0.25) is 0 Å². The Morgan fingerprint density at radius 3 is 3.15 bits per heavy atom. The second-order valence-corrected chi connectivity index (χ2v) is 5.91. The number of benzene rings is 1. The van der Waals surface area contributed by atoms with Crippen LogP contribution in [-0.4, -0.2) is 33.5 Å². The summed E-state index contributed by atoms with van der Waals surface area (Å²) < 4.78 is 12.7. The molecule has 2 aromatic heterocycles. The predicted molar refractivity (Wildman–Crippen MR) is 89.8 cm³/mol. The number of nitrogens with zero attached hydrogens (tertiary/aromatic N) is 4. The molecule has 0 fully saturated rings. The highest BCUT2D eigenvalue weighted by molar-refractivity contribution is 5.94. The summed E-state index contributed by atoms with van der Waals surface area (Å²) in [6.07, 6.45) is 3.00. The van der Waals surface area contributed by atoms with Crippen molar-refractivity contribution >= 4 is 5.91 Å². The summed E-state index contributed by atoms with van der Waals surface area (Å²) in [5.41, 5.74) is 3.39. The van der Waals surface area contributed by atoms with E-state index in [0.717, 1.165) is 17.0 Å². The number of hydrogen-bond acceptors (Lipinski definition) is 6. The van der Waals surface area contributed by atoms with Gasteiger partial charge in [0.2, 0.25) is 0 Å². The summed E-state index contributed by atoms with van der Waals surface area (Å²) in [6, 6.07) is 10.4. The maximum absolute atomic E-state index is 12.2. The average Bonchev–Trinajstić information content (AvgIpc) is 3.35. The molecule has 8 nitrogen and oxygen atoms in total. The summed E-state index contributed by atoms with van der Waals surface area (Å²) in [5, 5.41) is 20.1. The van der Waals surface area contributed by atoms with E-state index in [1.54, 1.807) is 41.5 Å². The molecule has 26 heavy (non-hydrogen) atoms. The van der Waals surface area contributed by atoms with Gasteiger partial charge in [-0.05, 0) is 24.3 Å². The standard InChI is InChI=1S/C18H15N5O3/c19-7-12-2-1-3-13(6-12)18(24)20-8-15-9-23-16(11-26-15)17(21-22-23)14-4-5-25-10-14/h1-6,10,15H,8-9,11H2,(H,20,24)/t15-/m1/s1. The van der Waals surface area contributed by atoms with Gasteiger partial charge < -0.3 is 14.5 Å². The van der Waals surface area contributed by atoms with Gasteiger partial charge in [-0.2, -0.15) is 5.26 Å². The Kier molecular flexibility index (Phi) is 4.21. The number of amides is 1. The third-order valence-corrected chi connectivity index (χ3v) is 4.21. The summed E-state index contributed by atoms with van der Waals surface area (Å²) in [7, 11) is 0. The Bertz CT molecular complexity index is 971. The molecule has 0 saturated carbocycles. The lowest BCUT2D eigenvalue weighted by Crippen LogP contribution is -2.39. The number of aromatic nitrogens is 3. The molecule has 0 bridgehead atoms. The Balaban J connectivity index is 1.39. The van der Waals surface area contributed by atoms with Crippen molar-refractivity contribution in [3.8, 4) is 17.3 Å². The predicted octanol–water partition coefficient (Wildman–Crippen LogP) is 1.74. The topological polar surface area (TPSA) is 106 Å². The van der Waals surface area contributed by atoms with Gasteiger partial charge in [-0.1, -0.05) is 11.3 Å². The third kappa shape index (κ3) is 3.08. The normalized spacial score (nSPS) is 15.9. The van der Waals surface area contributed by atoms with Crippen molar-refractivity contribution in [2.75, 3.05) is 6.54 Å². The minimum Gasteiger partial charge on any atom is -0.472 e. The van der Waals surface area contributed by atoms with E-state index in [1.165, 1.54) is 0 Å².